The summed E-state index contributed by atoms with van der Waals surface area (Å²) >= 11 is 0. The van der Waals surface area contributed by atoms with E-state index >= 15 is 0 Å². The highest BCUT2D eigenvalue weighted by atomic mass is 16.7. The van der Waals surface area contributed by atoms with E-state index in [4.69, 9.17) is 9.47 Å². The highest BCUT2D eigenvalue weighted by Gasteiger charge is 2.21. The first-order chi connectivity index (χ1) is 8.72. The Balaban J connectivity index is 2.15. The molecule has 0 saturated carbocycles. The van der Waals surface area contributed by atoms with E-state index in [2.05, 4.69) is 32.9 Å². The standard InChI is InChI=1S/C16H30O2/c1-4-5-6-7-8-9-11-15-12-10-13-16(18-15)17-14(2)3/h9,11,14-16H,4-8,10,12-13H2,1-3H3/b11-9+/t15-,16?/m1/s1. The molecule has 0 aromatic rings. The Kier molecular flexibility index (Phi) is 8.36. The van der Waals surface area contributed by atoms with Gasteiger partial charge in [-0.3, -0.25) is 0 Å². The minimum absolute atomic E-state index is 0.00786. The van der Waals surface area contributed by atoms with Gasteiger partial charge in [0.05, 0.1) is 12.2 Å². The normalized spacial score (nSPS) is 25.1. The summed E-state index contributed by atoms with van der Waals surface area (Å²) in [6.45, 7) is 6.38. The van der Waals surface area contributed by atoms with Crippen LogP contribution in [0.15, 0.2) is 12.2 Å². The van der Waals surface area contributed by atoms with Crippen molar-refractivity contribution in [3.8, 4) is 0 Å². The van der Waals surface area contributed by atoms with Gasteiger partial charge in [0.15, 0.2) is 6.29 Å². The molecule has 0 N–H and O–H groups in total. The molecule has 1 rings (SSSR count). The zero-order chi connectivity index (χ0) is 13.2. The van der Waals surface area contributed by atoms with Gasteiger partial charge in [-0.25, -0.2) is 0 Å². The zero-order valence-corrected chi connectivity index (χ0v) is 12.4. The van der Waals surface area contributed by atoms with E-state index in [9.17, 15) is 0 Å². The third kappa shape index (κ3) is 7.17. The molecule has 1 aliphatic heterocycles. The number of hydrogen-bond acceptors (Lipinski definition) is 2. The number of ether oxygens (including phenoxy) is 2. The SMILES string of the molecule is CCCCCC/C=C/[C@@H]1CCCC(OC(C)C)O1. The molecule has 1 aliphatic rings. The van der Waals surface area contributed by atoms with Crippen LogP contribution < -0.4 is 0 Å². The van der Waals surface area contributed by atoms with Crippen LogP contribution in [0.1, 0.15) is 72.1 Å². The number of unbranched alkanes of at least 4 members (excludes halogenated alkanes) is 4. The van der Waals surface area contributed by atoms with Crippen LogP contribution in [0.4, 0.5) is 0 Å². The highest BCUT2D eigenvalue weighted by Crippen LogP contribution is 2.22. The Morgan fingerprint density at radius 1 is 1.22 bits per heavy atom. The van der Waals surface area contributed by atoms with E-state index in [-0.39, 0.29) is 18.5 Å². The minimum atomic E-state index is 0.00786. The third-order valence-corrected chi connectivity index (χ3v) is 3.25. The first-order valence-corrected chi connectivity index (χ1v) is 7.70. The van der Waals surface area contributed by atoms with Crippen molar-refractivity contribution in [1.29, 1.82) is 0 Å². The molecule has 0 bridgehead atoms. The van der Waals surface area contributed by atoms with Gasteiger partial charge < -0.3 is 9.47 Å². The van der Waals surface area contributed by atoms with Crippen molar-refractivity contribution in [2.45, 2.75) is 90.6 Å². The largest absolute Gasteiger partial charge is 0.350 e. The van der Waals surface area contributed by atoms with Crippen LogP contribution in [0.3, 0.4) is 0 Å². The van der Waals surface area contributed by atoms with Gasteiger partial charge in [0, 0.05) is 0 Å². The lowest BCUT2D eigenvalue weighted by Crippen LogP contribution is -2.30. The molecule has 0 aromatic heterocycles. The van der Waals surface area contributed by atoms with Gasteiger partial charge in [0.25, 0.3) is 0 Å². The van der Waals surface area contributed by atoms with E-state index in [0.717, 1.165) is 12.8 Å². The predicted octanol–water partition coefficient (Wildman–Crippen LogP) is 4.83. The first kappa shape index (κ1) is 15.7. The summed E-state index contributed by atoms with van der Waals surface area (Å²) in [7, 11) is 0. The van der Waals surface area contributed by atoms with Crippen LogP contribution in [-0.2, 0) is 9.47 Å². The van der Waals surface area contributed by atoms with Crippen LogP contribution in [0, 0.1) is 0 Å². The topological polar surface area (TPSA) is 18.5 Å². The van der Waals surface area contributed by atoms with E-state index in [0.29, 0.717) is 0 Å². The summed E-state index contributed by atoms with van der Waals surface area (Å²) < 4.78 is 11.6. The van der Waals surface area contributed by atoms with E-state index < -0.39 is 0 Å². The summed E-state index contributed by atoms with van der Waals surface area (Å²) in [5, 5.41) is 0. The maximum atomic E-state index is 5.92. The Morgan fingerprint density at radius 3 is 2.78 bits per heavy atom. The monoisotopic (exact) mass is 254 g/mol. The van der Waals surface area contributed by atoms with Crippen LogP contribution >= 0.6 is 0 Å². The zero-order valence-electron chi connectivity index (χ0n) is 12.4. The number of rotatable bonds is 8. The van der Waals surface area contributed by atoms with Gasteiger partial charge in [-0.15, -0.1) is 0 Å². The summed E-state index contributed by atoms with van der Waals surface area (Å²) in [6, 6.07) is 0. The van der Waals surface area contributed by atoms with Gasteiger partial charge in [-0.05, 0) is 46.0 Å². The minimum Gasteiger partial charge on any atom is -0.350 e. The van der Waals surface area contributed by atoms with Crippen LogP contribution in [-0.4, -0.2) is 18.5 Å². The highest BCUT2D eigenvalue weighted by molar-refractivity contribution is 4.91. The predicted molar refractivity (Wildman–Crippen MR) is 76.6 cm³/mol. The maximum absolute atomic E-state index is 5.92. The summed E-state index contributed by atoms with van der Waals surface area (Å²) in [4.78, 5) is 0. The molecular formula is C16H30O2. The number of hydrogen-bond donors (Lipinski definition) is 0. The average Bonchev–Trinajstić information content (AvgIpc) is 2.33. The molecule has 1 fully saturated rings. The Hall–Kier alpha value is -0.340. The molecule has 0 spiro atoms. The lowest BCUT2D eigenvalue weighted by Gasteiger charge is -2.29. The van der Waals surface area contributed by atoms with Crippen LogP contribution in [0.5, 0.6) is 0 Å². The van der Waals surface area contributed by atoms with Gasteiger partial charge in [-0.1, -0.05) is 38.3 Å². The van der Waals surface area contributed by atoms with E-state index in [1.807, 2.05) is 0 Å². The van der Waals surface area contributed by atoms with Crippen molar-refractivity contribution in [2.24, 2.45) is 0 Å². The second-order valence-electron chi connectivity index (χ2n) is 5.50. The molecule has 106 valence electrons. The quantitative estimate of drug-likeness (QED) is 0.456. The molecule has 2 heteroatoms. The molecule has 0 aromatic carbocycles. The summed E-state index contributed by atoms with van der Waals surface area (Å²) in [5.41, 5.74) is 0. The molecule has 1 saturated heterocycles. The fourth-order valence-corrected chi connectivity index (χ4v) is 2.30. The van der Waals surface area contributed by atoms with E-state index in [1.165, 1.54) is 38.5 Å². The molecule has 2 nitrogen and oxygen atoms in total. The van der Waals surface area contributed by atoms with Crippen LogP contribution in [0.2, 0.25) is 0 Å². The lowest BCUT2D eigenvalue weighted by molar-refractivity contribution is -0.198. The maximum Gasteiger partial charge on any atom is 0.158 e. The summed E-state index contributed by atoms with van der Waals surface area (Å²) in [6.07, 6.45) is 15.0. The van der Waals surface area contributed by atoms with Crippen molar-refractivity contribution < 1.29 is 9.47 Å². The van der Waals surface area contributed by atoms with Crippen molar-refractivity contribution in [3.63, 3.8) is 0 Å². The molecular weight excluding hydrogens is 224 g/mol. The average molecular weight is 254 g/mol. The Labute approximate surface area is 113 Å². The van der Waals surface area contributed by atoms with Crippen molar-refractivity contribution in [2.75, 3.05) is 0 Å². The molecule has 1 heterocycles. The van der Waals surface area contributed by atoms with Gasteiger partial charge >= 0.3 is 0 Å². The lowest BCUT2D eigenvalue weighted by atomic mass is 10.1. The molecule has 0 amide bonds. The smallest absolute Gasteiger partial charge is 0.158 e. The van der Waals surface area contributed by atoms with Crippen LogP contribution in [0.25, 0.3) is 0 Å². The fourth-order valence-electron chi connectivity index (χ4n) is 2.30. The van der Waals surface area contributed by atoms with Crippen molar-refractivity contribution in [1.82, 2.24) is 0 Å². The van der Waals surface area contributed by atoms with E-state index in [1.54, 1.807) is 0 Å². The van der Waals surface area contributed by atoms with Crippen molar-refractivity contribution >= 4 is 0 Å². The van der Waals surface area contributed by atoms with Gasteiger partial charge in [0.1, 0.15) is 0 Å². The summed E-state index contributed by atoms with van der Waals surface area (Å²) in [5.74, 6) is 0. The van der Waals surface area contributed by atoms with Gasteiger partial charge in [0.2, 0.25) is 0 Å². The second-order valence-corrected chi connectivity index (χ2v) is 5.50. The molecule has 0 aliphatic carbocycles. The molecule has 0 radical (unpaired) electrons. The molecule has 1 unspecified atom stereocenters. The molecule has 2 atom stereocenters. The van der Waals surface area contributed by atoms with Gasteiger partial charge in [-0.2, -0.15) is 0 Å². The Bertz CT molecular complexity index is 223. The second kappa shape index (κ2) is 9.57. The number of allylic oxidation sites excluding steroid dienone is 1. The Morgan fingerprint density at radius 2 is 2.06 bits per heavy atom. The fraction of sp³-hybridized carbons (Fsp3) is 0.875. The van der Waals surface area contributed by atoms with Crippen molar-refractivity contribution in [3.05, 3.63) is 12.2 Å². The first-order valence-electron chi connectivity index (χ1n) is 7.70. The third-order valence-electron chi connectivity index (χ3n) is 3.25. The molecule has 18 heavy (non-hydrogen) atoms.